The number of hydrogen-bond donors (Lipinski definition) is 0. The van der Waals surface area contributed by atoms with Crippen molar-refractivity contribution in [3.8, 4) is 0 Å². The van der Waals surface area contributed by atoms with E-state index < -0.39 is 10.0 Å². The maximum atomic E-state index is 12.5. The van der Waals surface area contributed by atoms with E-state index >= 15 is 0 Å². The molecule has 0 aliphatic rings. The standard InChI is InChI=1S/C13H12BrCl2NO2S2/c1-17(7-11-4-10(14)8-20-11)21(18,19)12-3-2-9(6-15)13(16)5-12/h2-5,8H,6-7H2,1H3. The first-order chi connectivity index (χ1) is 9.84. The number of halogens is 3. The summed E-state index contributed by atoms with van der Waals surface area (Å²) >= 11 is 16.6. The van der Waals surface area contributed by atoms with Crippen LogP contribution in [0.3, 0.4) is 0 Å². The van der Waals surface area contributed by atoms with Gasteiger partial charge < -0.3 is 0 Å². The first-order valence-electron chi connectivity index (χ1n) is 5.88. The minimum absolute atomic E-state index is 0.166. The van der Waals surface area contributed by atoms with Crippen molar-refractivity contribution < 1.29 is 8.42 Å². The van der Waals surface area contributed by atoms with Crippen molar-refractivity contribution in [2.24, 2.45) is 0 Å². The summed E-state index contributed by atoms with van der Waals surface area (Å²) < 4.78 is 27.3. The van der Waals surface area contributed by atoms with E-state index in [0.717, 1.165) is 9.35 Å². The van der Waals surface area contributed by atoms with E-state index in [1.54, 1.807) is 13.1 Å². The van der Waals surface area contributed by atoms with Gasteiger partial charge in [-0.1, -0.05) is 17.7 Å². The highest BCUT2D eigenvalue weighted by atomic mass is 79.9. The molecule has 0 radical (unpaired) electrons. The molecule has 1 heterocycles. The second-order valence-corrected chi connectivity index (χ2v) is 9.01. The van der Waals surface area contributed by atoms with Crippen LogP contribution in [0.2, 0.25) is 5.02 Å². The van der Waals surface area contributed by atoms with Gasteiger partial charge in [0.1, 0.15) is 0 Å². The van der Waals surface area contributed by atoms with Gasteiger partial charge in [0, 0.05) is 39.2 Å². The molecule has 0 N–H and O–H groups in total. The van der Waals surface area contributed by atoms with Crippen molar-refractivity contribution in [3.05, 3.63) is 49.6 Å². The highest BCUT2D eigenvalue weighted by Crippen LogP contribution is 2.26. The molecule has 0 atom stereocenters. The summed E-state index contributed by atoms with van der Waals surface area (Å²) in [5.74, 6) is 0.248. The predicted octanol–water partition coefficient (Wildman–Crippen LogP) is 4.72. The van der Waals surface area contributed by atoms with Gasteiger partial charge >= 0.3 is 0 Å². The summed E-state index contributed by atoms with van der Waals surface area (Å²) in [6, 6.07) is 6.51. The largest absolute Gasteiger partial charge is 0.243 e. The van der Waals surface area contributed by atoms with Crippen LogP contribution in [0.5, 0.6) is 0 Å². The molecule has 0 bridgehead atoms. The van der Waals surface area contributed by atoms with Crippen LogP contribution >= 0.6 is 50.5 Å². The lowest BCUT2D eigenvalue weighted by Crippen LogP contribution is -2.26. The lowest BCUT2D eigenvalue weighted by Gasteiger charge is -2.17. The van der Waals surface area contributed by atoms with Crippen LogP contribution in [0.4, 0.5) is 0 Å². The third-order valence-electron chi connectivity index (χ3n) is 2.88. The molecule has 1 aromatic heterocycles. The van der Waals surface area contributed by atoms with Gasteiger partial charge in [-0.05, 0) is 39.7 Å². The number of sulfonamides is 1. The Morgan fingerprint density at radius 1 is 1.33 bits per heavy atom. The van der Waals surface area contributed by atoms with Crippen LogP contribution in [0, 0.1) is 0 Å². The number of alkyl halides is 1. The normalized spacial score (nSPS) is 12.0. The Morgan fingerprint density at radius 3 is 2.57 bits per heavy atom. The van der Waals surface area contributed by atoms with E-state index in [0.29, 0.717) is 17.1 Å². The van der Waals surface area contributed by atoms with Gasteiger partial charge in [0.15, 0.2) is 0 Å². The molecule has 1 aromatic carbocycles. The molecule has 3 nitrogen and oxygen atoms in total. The van der Waals surface area contributed by atoms with Gasteiger partial charge in [0.05, 0.1) is 4.90 Å². The van der Waals surface area contributed by atoms with E-state index in [9.17, 15) is 8.42 Å². The molecule has 0 amide bonds. The van der Waals surface area contributed by atoms with Crippen LogP contribution in [-0.2, 0) is 22.4 Å². The molecule has 0 aliphatic heterocycles. The molecule has 2 aromatic rings. The fourth-order valence-corrected chi connectivity index (χ4v) is 5.09. The third-order valence-corrected chi connectivity index (χ3v) is 7.00. The van der Waals surface area contributed by atoms with Crippen molar-refractivity contribution in [2.75, 3.05) is 7.05 Å². The van der Waals surface area contributed by atoms with Crippen LogP contribution in [0.15, 0.2) is 39.0 Å². The average Bonchev–Trinajstić information content (AvgIpc) is 2.83. The minimum atomic E-state index is -3.58. The van der Waals surface area contributed by atoms with Gasteiger partial charge in [-0.3, -0.25) is 0 Å². The third kappa shape index (κ3) is 4.00. The lowest BCUT2D eigenvalue weighted by molar-refractivity contribution is 0.469. The molecule has 2 rings (SSSR count). The van der Waals surface area contributed by atoms with Gasteiger partial charge in [-0.15, -0.1) is 22.9 Å². The fraction of sp³-hybridized carbons (Fsp3) is 0.231. The number of rotatable bonds is 5. The molecule has 0 spiro atoms. The predicted molar refractivity (Wildman–Crippen MR) is 91.7 cm³/mol. The Kier molecular flexibility index (Phi) is 5.73. The van der Waals surface area contributed by atoms with Crippen LogP contribution in [-0.4, -0.2) is 19.8 Å². The second kappa shape index (κ2) is 6.98. The van der Waals surface area contributed by atoms with Crippen molar-refractivity contribution in [2.45, 2.75) is 17.3 Å². The maximum Gasteiger partial charge on any atom is 0.243 e. The van der Waals surface area contributed by atoms with Crippen molar-refractivity contribution in [1.29, 1.82) is 0 Å². The van der Waals surface area contributed by atoms with E-state index in [2.05, 4.69) is 15.9 Å². The first-order valence-corrected chi connectivity index (χ1v) is 9.90. The zero-order valence-corrected chi connectivity index (χ0v) is 15.7. The fourth-order valence-electron chi connectivity index (χ4n) is 1.72. The Labute approximate surface area is 146 Å². The molecule has 114 valence electrons. The Balaban J connectivity index is 2.26. The zero-order chi connectivity index (χ0) is 15.6. The van der Waals surface area contributed by atoms with Crippen LogP contribution in [0.1, 0.15) is 10.4 Å². The van der Waals surface area contributed by atoms with Crippen molar-refractivity contribution >= 4 is 60.5 Å². The van der Waals surface area contributed by atoms with Gasteiger partial charge in [-0.2, -0.15) is 4.31 Å². The average molecular weight is 429 g/mol. The zero-order valence-electron chi connectivity index (χ0n) is 11.0. The quantitative estimate of drug-likeness (QED) is 0.645. The maximum absolute atomic E-state index is 12.5. The second-order valence-electron chi connectivity index (χ2n) is 4.38. The van der Waals surface area contributed by atoms with Crippen molar-refractivity contribution in [3.63, 3.8) is 0 Å². The summed E-state index contributed by atoms with van der Waals surface area (Å²) in [6.45, 7) is 0.313. The number of thiophene rings is 1. The van der Waals surface area contributed by atoms with E-state index in [-0.39, 0.29) is 10.8 Å². The Bertz CT molecular complexity index is 746. The van der Waals surface area contributed by atoms with Crippen molar-refractivity contribution in [1.82, 2.24) is 4.31 Å². The van der Waals surface area contributed by atoms with Gasteiger partial charge in [0.25, 0.3) is 0 Å². The van der Waals surface area contributed by atoms with Gasteiger partial charge in [-0.25, -0.2) is 8.42 Å². The summed E-state index contributed by atoms with van der Waals surface area (Å²) in [7, 11) is -2.03. The topological polar surface area (TPSA) is 37.4 Å². The number of benzene rings is 1. The first kappa shape index (κ1) is 17.2. The monoisotopic (exact) mass is 427 g/mol. The molecular formula is C13H12BrCl2NO2S2. The highest BCUT2D eigenvalue weighted by Gasteiger charge is 2.22. The minimum Gasteiger partial charge on any atom is -0.207 e. The Morgan fingerprint density at radius 2 is 2.05 bits per heavy atom. The van der Waals surface area contributed by atoms with Crippen LogP contribution in [0.25, 0.3) is 0 Å². The van der Waals surface area contributed by atoms with E-state index in [1.165, 1.54) is 27.8 Å². The summed E-state index contributed by atoms with van der Waals surface area (Å²) in [5, 5.41) is 2.28. The molecule has 0 aliphatic carbocycles. The van der Waals surface area contributed by atoms with Gasteiger partial charge in [0.2, 0.25) is 10.0 Å². The molecule has 0 fully saturated rings. The summed E-state index contributed by atoms with van der Waals surface area (Å²) in [4.78, 5) is 1.12. The molecule has 0 unspecified atom stereocenters. The van der Waals surface area contributed by atoms with E-state index in [4.69, 9.17) is 23.2 Å². The SMILES string of the molecule is CN(Cc1cc(Br)cs1)S(=O)(=O)c1ccc(CCl)c(Cl)c1. The molecule has 0 saturated carbocycles. The smallest absolute Gasteiger partial charge is 0.207 e. The molecule has 8 heteroatoms. The molecule has 0 saturated heterocycles. The number of nitrogens with zero attached hydrogens (tertiary/aromatic N) is 1. The Hall–Kier alpha value is -0.110. The lowest BCUT2D eigenvalue weighted by atomic mass is 10.2. The highest BCUT2D eigenvalue weighted by molar-refractivity contribution is 9.10. The number of hydrogen-bond acceptors (Lipinski definition) is 3. The summed E-state index contributed by atoms with van der Waals surface area (Å²) in [6.07, 6.45) is 0. The van der Waals surface area contributed by atoms with E-state index in [1.807, 2.05) is 11.4 Å². The molecule has 21 heavy (non-hydrogen) atoms. The molecular weight excluding hydrogens is 417 g/mol. The summed E-state index contributed by atoms with van der Waals surface area (Å²) in [5.41, 5.74) is 0.710. The van der Waals surface area contributed by atoms with Crippen LogP contribution < -0.4 is 0 Å².